The Hall–Kier alpha value is -2.26. The summed E-state index contributed by atoms with van der Waals surface area (Å²) < 4.78 is 44.4. The first-order valence-corrected chi connectivity index (χ1v) is 8.25. The molecule has 0 saturated carbocycles. The zero-order chi connectivity index (χ0) is 17.0. The number of nitrogens with zero attached hydrogens (tertiary/aromatic N) is 1. The average molecular weight is 341 g/mol. The lowest BCUT2D eigenvalue weighted by Gasteiger charge is -2.09. The number of sulfonamides is 1. The molecule has 0 aliphatic carbocycles. The summed E-state index contributed by atoms with van der Waals surface area (Å²) in [6.07, 6.45) is -0.0780. The normalized spacial score (nSPS) is 11.4. The number of aromatic nitrogens is 1. The van der Waals surface area contributed by atoms with Crippen LogP contribution in [0.2, 0.25) is 0 Å². The fourth-order valence-corrected chi connectivity index (χ4v) is 3.18. The van der Waals surface area contributed by atoms with Gasteiger partial charge < -0.3 is 9.84 Å². The minimum atomic E-state index is -3.80. The predicted molar refractivity (Wildman–Crippen MR) is 80.8 cm³/mol. The molecule has 23 heavy (non-hydrogen) atoms. The molecule has 7 nitrogen and oxygen atoms in total. The van der Waals surface area contributed by atoms with Crippen molar-refractivity contribution in [3.8, 4) is 0 Å². The van der Waals surface area contributed by atoms with Crippen LogP contribution in [0.4, 0.5) is 10.2 Å². The molecule has 0 saturated heterocycles. The third-order valence-electron chi connectivity index (χ3n) is 2.97. The van der Waals surface area contributed by atoms with Gasteiger partial charge in [-0.2, -0.15) is 0 Å². The second-order valence-corrected chi connectivity index (χ2v) is 6.66. The molecule has 0 radical (unpaired) electrons. The molecule has 0 fully saturated rings. The highest BCUT2D eigenvalue weighted by molar-refractivity contribution is 7.89. The summed E-state index contributed by atoms with van der Waals surface area (Å²) in [7, 11) is -3.80. The van der Waals surface area contributed by atoms with Crippen LogP contribution in [0.25, 0.3) is 0 Å². The smallest absolute Gasteiger partial charge is 0.240 e. The summed E-state index contributed by atoms with van der Waals surface area (Å²) in [5.74, 6) is -0.0990. The molecule has 124 valence electrons. The van der Waals surface area contributed by atoms with Crippen LogP contribution in [0.5, 0.6) is 0 Å². The van der Waals surface area contributed by atoms with Crippen molar-refractivity contribution in [2.45, 2.75) is 25.2 Å². The topological polar surface area (TPSA) is 101 Å². The molecule has 0 spiro atoms. The van der Waals surface area contributed by atoms with Crippen molar-refractivity contribution in [1.82, 2.24) is 9.88 Å². The molecule has 0 atom stereocenters. The number of anilines is 1. The van der Waals surface area contributed by atoms with E-state index >= 15 is 0 Å². The Morgan fingerprint density at radius 3 is 2.65 bits per heavy atom. The number of benzene rings is 1. The summed E-state index contributed by atoms with van der Waals surface area (Å²) in [4.78, 5) is 11.7. The summed E-state index contributed by atoms with van der Waals surface area (Å²) in [5.41, 5.74) is 0.292. The standard InChI is InChI=1S/C14H16FN3O4S/c1-9-7-11(15)3-4-12(9)23(20,21)16-6-5-14(19)17-13-8-10(2)22-18-13/h3-4,7-8,16H,5-6H2,1-2H3,(H,17,18,19). The summed E-state index contributed by atoms with van der Waals surface area (Å²) in [6.45, 7) is 3.08. The number of hydrogen-bond donors (Lipinski definition) is 2. The Bertz CT molecular complexity index is 817. The number of rotatable bonds is 6. The Labute approximate surface area is 132 Å². The molecule has 0 bridgehead atoms. The number of hydrogen-bond acceptors (Lipinski definition) is 5. The SMILES string of the molecule is Cc1cc(NC(=O)CCNS(=O)(=O)c2ccc(F)cc2C)no1. The van der Waals surface area contributed by atoms with E-state index in [2.05, 4.69) is 15.2 Å². The first-order chi connectivity index (χ1) is 10.8. The van der Waals surface area contributed by atoms with Crippen LogP contribution in [0.15, 0.2) is 33.7 Å². The molecule has 2 aromatic rings. The minimum absolute atomic E-state index is 0.0218. The Morgan fingerprint density at radius 1 is 1.30 bits per heavy atom. The second kappa shape index (κ2) is 6.88. The molecule has 9 heteroatoms. The third kappa shape index (κ3) is 4.60. The maximum atomic E-state index is 13.0. The number of aryl methyl sites for hydroxylation is 2. The van der Waals surface area contributed by atoms with E-state index in [1.165, 1.54) is 13.0 Å². The number of halogens is 1. The summed E-state index contributed by atoms with van der Waals surface area (Å²) in [5, 5.41) is 6.08. The van der Waals surface area contributed by atoms with Gasteiger partial charge in [0.15, 0.2) is 5.82 Å². The minimum Gasteiger partial charge on any atom is -0.360 e. The quantitative estimate of drug-likeness (QED) is 0.833. The number of carbonyl (C=O) groups excluding carboxylic acids is 1. The van der Waals surface area contributed by atoms with Gasteiger partial charge in [0, 0.05) is 19.0 Å². The van der Waals surface area contributed by atoms with Gasteiger partial charge in [0.25, 0.3) is 0 Å². The van der Waals surface area contributed by atoms with Crippen LogP contribution >= 0.6 is 0 Å². The molecular formula is C14H16FN3O4S. The zero-order valence-electron chi connectivity index (χ0n) is 12.6. The molecule has 1 aromatic carbocycles. The van der Waals surface area contributed by atoms with E-state index in [0.717, 1.165) is 12.1 Å². The van der Waals surface area contributed by atoms with Gasteiger partial charge in [0.1, 0.15) is 11.6 Å². The molecule has 2 N–H and O–H groups in total. The van der Waals surface area contributed by atoms with Crippen molar-refractivity contribution < 1.29 is 22.1 Å². The molecule has 1 heterocycles. The van der Waals surface area contributed by atoms with Gasteiger partial charge in [0.05, 0.1) is 4.90 Å². The van der Waals surface area contributed by atoms with E-state index in [-0.39, 0.29) is 23.7 Å². The van der Waals surface area contributed by atoms with Gasteiger partial charge in [0.2, 0.25) is 15.9 Å². The van der Waals surface area contributed by atoms with Crippen LogP contribution in [-0.2, 0) is 14.8 Å². The second-order valence-electron chi connectivity index (χ2n) is 4.93. The van der Waals surface area contributed by atoms with Crippen molar-refractivity contribution >= 4 is 21.7 Å². The summed E-state index contributed by atoms with van der Waals surface area (Å²) >= 11 is 0. The van der Waals surface area contributed by atoms with E-state index in [9.17, 15) is 17.6 Å². The van der Waals surface area contributed by atoms with E-state index < -0.39 is 21.7 Å². The van der Waals surface area contributed by atoms with Crippen LogP contribution in [0.1, 0.15) is 17.7 Å². The molecule has 0 aliphatic heterocycles. The molecule has 2 rings (SSSR count). The van der Waals surface area contributed by atoms with Crippen LogP contribution in [0, 0.1) is 19.7 Å². The predicted octanol–water partition coefficient (Wildman–Crippen LogP) is 1.74. The fraction of sp³-hybridized carbons (Fsp3) is 0.286. The zero-order valence-corrected chi connectivity index (χ0v) is 13.4. The van der Waals surface area contributed by atoms with Gasteiger partial charge in [-0.3, -0.25) is 4.79 Å². The van der Waals surface area contributed by atoms with Crippen molar-refractivity contribution in [2.24, 2.45) is 0 Å². The lowest BCUT2D eigenvalue weighted by Crippen LogP contribution is -2.28. The van der Waals surface area contributed by atoms with E-state index in [4.69, 9.17) is 4.52 Å². The van der Waals surface area contributed by atoms with Crippen molar-refractivity contribution in [3.05, 3.63) is 41.4 Å². The monoisotopic (exact) mass is 341 g/mol. The van der Waals surface area contributed by atoms with Crippen molar-refractivity contribution in [1.29, 1.82) is 0 Å². The third-order valence-corrected chi connectivity index (χ3v) is 4.59. The summed E-state index contributed by atoms with van der Waals surface area (Å²) in [6, 6.07) is 4.94. The van der Waals surface area contributed by atoms with Crippen molar-refractivity contribution in [2.75, 3.05) is 11.9 Å². The highest BCUT2D eigenvalue weighted by Gasteiger charge is 2.17. The van der Waals surface area contributed by atoms with Crippen LogP contribution in [0.3, 0.4) is 0 Å². The van der Waals surface area contributed by atoms with E-state index in [1.807, 2.05) is 0 Å². The van der Waals surface area contributed by atoms with E-state index in [0.29, 0.717) is 11.3 Å². The van der Waals surface area contributed by atoms with Gasteiger partial charge in [-0.25, -0.2) is 17.5 Å². The number of amides is 1. The number of nitrogens with one attached hydrogen (secondary N) is 2. The Morgan fingerprint density at radius 2 is 2.04 bits per heavy atom. The van der Waals surface area contributed by atoms with E-state index in [1.54, 1.807) is 13.0 Å². The molecule has 1 aromatic heterocycles. The number of carbonyl (C=O) groups is 1. The molecule has 1 amide bonds. The van der Waals surface area contributed by atoms with Crippen LogP contribution < -0.4 is 10.0 Å². The Kier molecular flexibility index (Phi) is 5.12. The van der Waals surface area contributed by atoms with Gasteiger partial charge in [-0.15, -0.1) is 0 Å². The lowest BCUT2D eigenvalue weighted by molar-refractivity contribution is -0.116. The van der Waals surface area contributed by atoms with Gasteiger partial charge >= 0.3 is 0 Å². The first-order valence-electron chi connectivity index (χ1n) is 6.77. The highest BCUT2D eigenvalue weighted by atomic mass is 32.2. The fourth-order valence-electron chi connectivity index (χ4n) is 1.92. The first kappa shape index (κ1) is 17.1. The van der Waals surface area contributed by atoms with Gasteiger partial charge in [-0.1, -0.05) is 5.16 Å². The molecule has 0 aliphatic rings. The highest BCUT2D eigenvalue weighted by Crippen LogP contribution is 2.15. The van der Waals surface area contributed by atoms with Crippen molar-refractivity contribution in [3.63, 3.8) is 0 Å². The molecular weight excluding hydrogens is 325 g/mol. The molecule has 0 unspecified atom stereocenters. The lowest BCUT2D eigenvalue weighted by atomic mass is 10.2. The van der Waals surface area contributed by atoms with Crippen LogP contribution in [-0.4, -0.2) is 26.0 Å². The maximum absolute atomic E-state index is 13.0. The largest absolute Gasteiger partial charge is 0.360 e. The Balaban J connectivity index is 1.90. The van der Waals surface area contributed by atoms with Gasteiger partial charge in [-0.05, 0) is 37.6 Å². The average Bonchev–Trinajstić information content (AvgIpc) is 2.83. The maximum Gasteiger partial charge on any atom is 0.240 e.